The molecule has 0 aliphatic heterocycles. The van der Waals surface area contributed by atoms with Crippen molar-refractivity contribution in [2.45, 2.75) is 97.6 Å². The number of aliphatic carboxylic acids is 2. The number of nitrogens with one attached hydrogen (secondary N) is 1. The lowest BCUT2D eigenvalue weighted by Crippen LogP contribution is -2.47. The highest BCUT2D eigenvalue weighted by Gasteiger charge is 2.32. The molecular formula is C48H55FN6O7. The molecule has 5 N–H and O–H groups in total. The zero-order valence-electron chi connectivity index (χ0n) is 35.6. The number of hydrogen-bond donors (Lipinski definition) is 5. The van der Waals surface area contributed by atoms with Crippen LogP contribution in [0.4, 0.5) is 4.39 Å². The molecule has 326 valence electrons. The molecule has 14 heteroatoms. The number of amides is 1. The van der Waals surface area contributed by atoms with Gasteiger partial charge in [-0.2, -0.15) is 5.21 Å². The molecule has 0 spiro atoms. The lowest BCUT2D eigenvalue weighted by Gasteiger charge is -2.32. The SMILES string of the molecule is CC(C)n1c(/C=C/[C@H](O)C[C@H](O)CC(=O)O)c(-c2ccc(F)cc2)c2ccccc21.CCCCC(=O)N(Cc1ccc(-c2ccccc2-c2nn[nH]n2)cc1)[C@H](C(=O)O)C(C)C. The number of hydrogen-bond acceptors (Lipinski definition) is 8. The molecule has 2 heterocycles. The average Bonchev–Trinajstić information content (AvgIpc) is 3.89. The Morgan fingerprint density at radius 3 is 2.10 bits per heavy atom. The van der Waals surface area contributed by atoms with Crippen molar-refractivity contribution in [3.05, 3.63) is 120 Å². The number of para-hydroxylation sites is 1. The van der Waals surface area contributed by atoms with E-state index >= 15 is 0 Å². The van der Waals surface area contributed by atoms with Gasteiger partial charge in [-0.3, -0.25) is 9.59 Å². The number of carboxylic acids is 2. The lowest BCUT2D eigenvalue weighted by molar-refractivity contribution is -0.153. The van der Waals surface area contributed by atoms with Crippen LogP contribution in [0.5, 0.6) is 0 Å². The van der Waals surface area contributed by atoms with E-state index in [0.717, 1.165) is 62.8 Å². The van der Waals surface area contributed by atoms with E-state index in [9.17, 15) is 34.1 Å². The Balaban J connectivity index is 0.000000235. The molecule has 62 heavy (non-hydrogen) atoms. The van der Waals surface area contributed by atoms with Crippen LogP contribution < -0.4 is 0 Å². The number of carbonyl (C=O) groups is 3. The minimum absolute atomic E-state index is 0.0728. The molecule has 1 amide bonds. The number of aromatic amines is 1. The zero-order chi connectivity index (χ0) is 44.9. The molecule has 0 saturated carbocycles. The van der Waals surface area contributed by atoms with Crippen molar-refractivity contribution in [3.8, 4) is 33.6 Å². The van der Waals surface area contributed by atoms with Gasteiger partial charge in [0.1, 0.15) is 11.9 Å². The maximum Gasteiger partial charge on any atom is 0.326 e. The minimum Gasteiger partial charge on any atom is -0.481 e. The van der Waals surface area contributed by atoms with Gasteiger partial charge < -0.3 is 29.9 Å². The molecule has 13 nitrogen and oxygen atoms in total. The number of unbranched alkanes of at least 4 members (excludes halogenated alkanes) is 1. The van der Waals surface area contributed by atoms with Crippen LogP contribution in [-0.4, -0.2) is 86.6 Å². The molecule has 0 aliphatic carbocycles. The number of rotatable bonds is 18. The van der Waals surface area contributed by atoms with Gasteiger partial charge >= 0.3 is 11.9 Å². The van der Waals surface area contributed by atoms with Crippen molar-refractivity contribution in [1.82, 2.24) is 30.1 Å². The number of tetrazole rings is 1. The van der Waals surface area contributed by atoms with Crippen LogP contribution in [0.15, 0.2) is 103 Å². The Labute approximate surface area is 360 Å². The number of benzene rings is 4. The highest BCUT2D eigenvalue weighted by atomic mass is 19.1. The maximum atomic E-state index is 13.5. The van der Waals surface area contributed by atoms with Crippen molar-refractivity contribution >= 4 is 34.8 Å². The van der Waals surface area contributed by atoms with Crippen LogP contribution in [0.25, 0.3) is 50.6 Å². The third kappa shape index (κ3) is 11.9. The number of carbonyl (C=O) groups excluding carboxylic acids is 1. The van der Waals surface area contributed by atoms with Crippen LogP contribution in [-0.2, 0) is 20.9 Å². The number of fused-ring (bicyclic) bond motifs is 1. The highest BCUT2D eigenvalue weighted by molar-refractivity contribution is 6.01. The summed E-state index contributed by atoms with van der Waals surface area (Å²) >= 11 is 0. The van der Waals surface area contributed by atoms with Gasteiger partial charge in [0.05, 0.1) is 18.6 Å². The quantitative estimate of drug-likeness (QED) is 0.0558. The molecule has 0 aliphatic rings. The topological polar surface area (TPSA) is 195 Å². The van der Waals surface area contributed by atoms with Crippen LogP contribution in [0.1, 0.15) is 84.0 Å². The fraction of sp³-hybridized carbons (Fsp3) is 0.333. The first kappa shape index (κ1) is 46.6. The van der Waals surface area contributed by atoms with Crippen molar-refractivity contribution in [1.29, 1.82) is 0 Å². The molecule has 6 rings (SSSR count). The van der Waals surface area contributed by atoms with Gasteiger partial charge in [0.15, 0.2) is 0 Å². The predicted molar refractivity (Wildman–Crippen MR) is 237 cm³/mol. The Hall–Kier alpha value is -6.51. The average molecular weight is 847 g/mol. The van der Waals surface area contributed by atoms with E-state index < -0.39 is 36.6 Å². The molecule has 0 bridgehead atoms. The number of halogens is 1. The van der Waals surface area contributed by atoms with Gasteiger partial charge in [0.2, 0.25) is 11.7 Å². The third-order valence-corrected chi connectivity index (χ3v) is 10.4. The molecule has 2 aromatic heterocycles. The largest absolute Gasteiger partial charge is 0.481 e. The second-order valence-electron chi connectivity index (χ2n) is 15.8. The Bertz CT molecular complexity index is 2430. The summed E-state index contributed by atoms with van der Waals surface area (Å²) in [6.07, 6.45) is 2.70. The summed E-state index contributed by atoms with van der Waals surface area (Å²) in [6.45, 7) is 10.1. The fourth-order valence-corrected chi connectivity index (χ4v) is 7.55. The van der Waals surface area contributed by atoms with Gasteiger partial charge in [-0.25, -0.2) is 9.18 Å². The number of aliphatic hydroxyl groups excluding tert-OH is 2. The van der Waals surface area contributed by atoms with Crippen molar-refractivity contribution < 1.29 is 39.2 Å². The van der Waals surface area contributed by atoms with E-state index in [2.05, 4.69) is 39.0 Å². The number of aliphatic hydroxyl groups is 2. The Morgan fingerprint density at radius 1 is 0.855 bits per heavy atom. The number of aromatic nitrogens is 5. The summed E-state index contributed by atoms with van der Waals surface area (Å²) in [4.78, 5) is 37.0. The van der Waals surface area contributed by atoms with E-state index in [-0.39, 0.29) is 36.6 Å². The van der Waals surface area contributed by atoms with Crippen molar-refractivity contribution in [2.24, 2.45) is 5.92 Å². The highest BCUT2D eigenvalue weighted by Crippen LogP contribution is 2.38. The van der Waals surface area contributed by atoms with Crippen molar-refractivity contribution in [2.75, 3.05) is 0 Å². The van der Waals surface area contributed by atoms with Crippen LogP contribution in [0.2, 0.25) is 0 Å². The molecule has 3 atom stereocenters. The molecule has 0 radical (unpaired) electrons. The summed E-state index contributed by atoms with van der Waals surface area (Å²) in [7, 11) is 0. The van der Waals surface area contributed by atoms with Gasteiger partial charge in [0.25, 0.3) is 0 Å². The predicted octanol–water partition coefficient (Wildman–Crippen LogP) is 8.79. The lowest BCUT2D eigenvalue weighted by atomic mass is 9.97. The Morgan fingerprint density at radius 2 is 1.50 bits per heavy atom. The first-order valence-electron chi connectivity index (χ1n) is 20.8. The van der Waals surface area contributed by atoms with E-state index in [1.54, 1.807) is 24.3 Å². The van der Waals surface area contributed by atoms with Gasteiger partial charge in [0, 0.05) is 53.2 Å². The summed E-state index contributed by atoms with van der Waals surface area (Å²) in [5.74, 6) is -2.21. The molecular weight excluding hydrogens is 792 g/mol. The van der Waals surface area contributed by atoms with E-state index in [1.165, 1.54) is 17.0 Å². The summed E-state index contributed by atoms with van der Waals surface area (Å²) in [5, 5.41) is 53.9. The van der Waals surface area contributed by atoms with Gasteiger partial charge in [-0.05, 0) is 77.9 Å². The number of nitrogens with zero attached hydrogens (tertiary/aromatic N) is 5. The van der Waals surface area contributed by atoms with Gasteiger partial charge in [-0.15, -0.1) is 10.2 Å². The van der Waals surface area contributed by atoms with Crippen LogP contribution in [0, 0.1) is 11.7 Å². The second kappa shape index (κ2) is 21.8. The van der Waals surface area contributed by atoms with E-state index in [0.29, 0.717) is 12.2 Å². The standard InChI is InChI=1S/C24H26FNO4.C24H29N5O3/c1-15(2)26-21-6-4-3-5-20(21)24(16-7-9-17(25)10-8-16)22(26)12-11-18(27)13-19(28)14-23(29)30;1-4-5-10-21(30)29(22(16(2)3)24(31)32)15-17-11-13-18(14-12-17)19-8-6-7-9-20(19)23-25-27-28-26-23/h3-12,15,18-19,27-28H,13-14H2,1-2H3,(H,29,30);6-9,11-14,16,22H,4-5,10,15H2,1-3H3,(H,31,32)(H,25,26,27,28)/b12-11+;/t18-,19-;22-/m00/s1. The molecule has 6 aromatic rings. The maximum absolute atomic E-state index is 13.5. The molecule has 0 unspecified atom stereocenters. The Kier molecular flexibility index (Phi) is 16.4. The monoisotopic (exact) mass is 846 g/mol. The summed E-state index contributed by atoms with van der Waals surface area (Å²) in [6, 6.07) is 29.1. The minimum atomic E-state index is -1.13. The second-order valence-corrected chi connectivity index (χ2v) is 15.8. The number of carboxylic acid groups (broad SMARTS) is 2. The smallest absolute Gasteiger partial charge is 0.326 e. The first-order valence-corrected chi connectivity index (χ1v) is 20.8. The summed E-state index contributed by atoms with van der Waals surface area (Å²) < 4.78 is 15.6. The molecule has 4 aromatic carbocycles. The normalized spacial score (nSPS) is 12.9. The van der Waals surface area contributed by atoms with Crippen molar-refractivity contribution in [3.63, 3.8) is 0 Å². The first-order chi connectivity index (χ1) is 29.7. The zero-order valence-corrected chi connectivity index (χ0v) is 35.6. The third-order valence-electron chi connectivity index (χ3n) is 10.4. The van der Waals surface area contributed by atoms with Crippen LogP contribution in [0.3, 0.4) is 0 Å². The van der Waals surface area contributed by atoms with E-state index in [4.69, 9.17) is 5.11 Å². The fourth-order valence-electron chi connectivity index (χ4n) is 7.55. The van der Waals surface area contributed by atoms with Gasteiger partial charge in [-0.1, -0.05) is 112 Å². The number of H-pyrrole nitrogens is 1. The van der Waals surface area contributed by atoms with Crippen LogP contribution >= 0.6 is 0 Å². The molecule has 0 saturated heterocycles. The summed E-state index contributed by atoms with van der Waals surface area (Å²) in [5.41, 5.74) is 7.31. The van der Waals surface area contributed by atoms with E-state index in [1.807, 2.05) is 93.6 Å². The molecule has 0 fully saturated rings.